The maximum atomic E-state index is 10.3. The topological polar surface area (TPSA) is 64.9 Å². The van der Waals surface area contributed by atoms with Gasteiger partial charge in [0.05, 0.1) is 12.6 Å². The Morgan fingerprint density at radius 2 is 1.58 bits per heavy atom. The van der Waals surface area contributed by atoms with Crippen molar-refractivity contribution in [1.82, 2.24) is 9.88 Å². The van der Waals surface area contributed by atoms with Crippen molar-refractivity contribution in [3.05, 3.63) is 66.7 Å². The first-order valence-electron chi connectivity index (χ1n) is 10.4. The zero-order valence-corrected chi connectivity index (χ0v) is 17.9. The molecule has 4 aromatic rings. The summed E-state index contributed by atoms with van der Waals surface area (Å²) in [6, 6.07) is 21.8. The van der Waals surface area contributed by atoms with E-state index in [0.29, 0.717) is 31.2 Å². The second kappa shape index (κ2) is 9.73. The lowest BCUT2D eigenvalue weighted by molar-refractivity contribution is 0.106. The van der Waals surface area contributed by atoms with Gasteiger partial charge in [-0.1, -0.05) is 36.4 Å². The van der Waals surface area contributed by atoms with E-state index in [1.165, 1.54) is 0 Å². The van der Waals surface area contributed by atoms with Gasteiger partial charge in [-0.05, 0) is 30.3 Å². The maximum Gasteiger partial charge on any atom is 0.161 e. The van der Waals surface area contributed by atoms with E-state index in [4.69, 9.17) is 14.2 Å². The fraction of sp³-hybridized carbons (Fsp3) is 0.280. The summed E-state index contributed by atoms with van der Waals surface area (Å²) in [6.07, 6.45) is -0.628. The van der Waals surface area contributed by atoms with Crippen LogP contribution in [0.2, 0.25) is 0 Å². The number of aliphatic hydroxyl groups excluding tert-OH is 1. The minimum Gasteiger partial charge on any atom is -0.493 e. The Morgan fingerprint density at radius 3 is 2.42 bits per heavy atom. The van der Waals surface area contributed by atoms with Crippen LogP contribution in [0.3, 0.4) is 0 Å². The Labute approximate surface area is 182 Å². The lowest BCUT2D eigenvalue weighted by Gasteiger charge is -2.15. The van der Waals surface area contributed by atoms with Crippen LogP contribution in [-0.2, 0) is 7.05 Å². The van der Waals surface area contributed by atoms with Crippen molar-refractivity contribution in [2.24, 2.45) is 7.05 Å². The lowest BCUT2D eigenvalue weighted by atomic mass is 10.1. The smallest absolute Gasteiger partial charge is 0.161 e. The summed E-state index contributed by atoms with van der Waals surface area (Å²) in [5, 5.41) is 15.8. The molecular formula is C25H28N2O4. The van der Waals surface area contributed by atoms with Crippen molar-refractivity contribution in [1.29, 1.82) is 0 Å². The molecule has 0 bridgehead atoms. The average Bonchev–Trinajstić information content (AvgIpc) is 3.10. The highest BCUT2D eigenvalue weighted by molar-refractivity contribution is 6.11. The van der Waals surface area contributed by atoms with E-state index in [0.717, 1.165) is 27.6 Å². The van der Waals surface area contributed by atoms with Crippen molar-refractivity contribution in [3.8, 4) is 17.2 Å². The molecule has 6 nitrogen and oxygen atoms in total. The van der Waals surface area contributed by atoms with Crippen LogP contribution in [-0.4, -0.2) is 49.2 Å². The molecule has 4 rings (SSSR count). The van der Waals surface area contributed by atoms with E-state index in [-0.39, 0.29) is 6.61 Å². The van der Waals surface area contributed by atoms with Gasteiger partial charge in [0.2, 0.25) is 0 Å². The Balaban J connectivity index is 1.29. The van der Waals surface area contributed by atoms with E-state index in [1.54, 1.807) is 7.11 Å². The average molecular weight is 421 g/mol. The summed E-state index contributed by atoms with van der Waals surface area (Å²) in [6.45, 7) is 1.71. The summed E-state index contributed by atoms with van der Waals surface area (Å²) in [7, 11) is 3.68. The number of nitrogens with one attached hydrogen (secondary N) is 1. The molecule has 3 aromatic carbocycles. The number of aromatic nitrogens is 1. The normalized spacial score (nSPS) is 12.2. The van der Waals surface area contributed by atoms with Crippen molar-refractivity contribution in [2.45, 2.75) is 6.10 Å². The van der Waals surface area contributed by atoms with Crippen LogP contribution < -0.4 is 19.5 Å². The lowest BCUT2D eigenvalue weighted by Crippen LogP contribution is -2.33. The molecular weight excluding hydrogens is 392 g/mol. The number of nitrogens with zero attached hydrogens (tertiary/aromatic N) is 1. The summed E-state index contributed by atoms with van der Waals surface area (Å²) in [5.41, 5.74) is 2.27. The summed E-state index contributed by atoms with van der Waals surface area (Å²) in [5.74, 6) is 2.20. The molecule has 0 aliphatic heterocycles. The molecule has 0 unspecified atom stereocenters. The highest BCUT2D eigenvalue weighted by atomic mass is 16.5. The Hall–Kier alpha value is -3.22. The molecule has 0 saturated heterocycles. The van der Waals surface area contributed by atoms with Gasteiger partial charge in [0.25, 0.3) is 0 Å². The molecule has 6 heteroatoms. The summed E-state index contributed by atoms with van der Waals surface area (Å²) in [4.78, 5) is 0. The number of ether oxygens (including phenoxy) is 3. The zero-order chi connectivity index (χ0) is 21.6. The number of aliphatic hydroxyl groups is 1. The maximum absolute atomic E-state index is 10.3. The number of rotatable bonds is 10. The van der Waals surface area contributed by atoms with Crippen LogP contribution in [0.4, 0.5) is 0 Å². The number of hydrogen-bond acceptors (Lipinski definition) is 5. The monoisotopic (exact) mass is 420 g/mol. The molecule has 0 amide bonds. The van der Waals surface area contributed by atoms with Gasteiger partial charge < -0.3 is 29.2 Å². The predicted octanol–water partition coefficient (Wildman–Crippen LogP) is 3.75. The quantitative estimate of drug-likeness (QED) is 0.383. The van der Waals surface area contributed by atoms with Crippen LogP contribution >= 0.6 is 0 Å². The van der Waals surface area contributed by atoms with Crippen molar-refractivity contribution < 1.29 is 19.3 Å². The molecule has 31 heavy (non-hydrogen) atoms. The first-order valence-corrected chi connectivity index (χ1v) is 10.4. The number of aryl methyl sites for hydroxylation is 1. The fourth-order valence-corrected chi connectivity index (χ4v) is 3.78. The van der Waals surface area contributed by atoms with E-state index in [9.17, 15) is 5.11 Å². The van der Waals surface area contributed by atoms with Gasteiger partial charge in [-0.15, -0.1) is 0 Å². The molecule has 0 aliphatic carbocycles. The third kappa shape index (κ3) is 4.60. The van der Waals surface area contributed by atoms with E-state index < -0.39 is 6.10 Å². The Kier molecular flexibility index (Phi) is 6.60. The number of hydrogen-bond donors (Lipinski definition) is 2. The van der Waals surface area contributed by atoms with E-state index in [1.807, 2.05) is 48.5 Å². The van der Waals surface area contributed by atoms with E-state index >= 15 is 0 Å². The largest absolute Gasteiger partial charge is 0.493 e. The fourth-order valence-electron chi connectivity index (χ4n) is 3.78. The Morgan fingerprint density at radius 1 is 0.871 bits per heavy atom. The van der Waals surface area contributed by atoms with Crippen LogP contribution in [0.1, 0.15) is 0 Å². The predicted molar refractivity (Wildman–Crippen MR) is 123 cm³/mol. The van der Waals surface area contributed by atoms with Crippen molar-refractivity contribution >= 4 is 21.8 Å². The van der Waals surface area contributed by atoms with Crippen molar-refractivity contribution in [3.63, 3.8) is 0 Å². The second-order valence-electron chi connectivity index (χ2n) is 7.39. The minimum atomic E-state index is -0.628. The van der Waals surface area contributed by atoms with Gasteiger partial charge in [0, 0.05) is 36.4 Å². The molecule has 1 atom stereocenters. The van der Waals surface area contributed by atoms with Gasteiger partial charge in [-0.3, -0.25) is 0 Å². The minimum absolute atomic E-state index is 0.211. The third-order valence-corrected chi connectivity index (χ3v) is 5.32. The highest BCUT2D eigenvalue weighted by Gasteiger charge is 2.13. The third-order valence-electron chi connectivity index (χ3n) is 5.32. The van der Waals surface area contributed by atoms with Crippen molar-refractivity contribution in [2.75, 3.05) is 33.4 Å². The second-order valence-corrected chi connectivity index (χ2v) is 7.39. The zero-order valence-electron chi connectivity index (χ0n) is 17.9. The molecule has 0 spiro atoms. The molecule has 162 valence electrons. The van der Waals surface area contributed by atoms with E-state index in [2.05, 4.69) is 35.1 Å². The van der Waals surface area contributed by atoms with Gasteiger partial charge >= 0.3 is 0 Å². The number of fused-ring (bicyclic) bond motifs is 3. The number of benzene rings is 3. The molecule has 0 aliphatic rings. The first kappa shape index (κ1) is 21.0. The van der Waals surface area contributed by atoms with Gasteiger partial charge in [0.1, 0.15) is 25.1 Å². The van der Waals surface area contributed by atoms with Crippen LogP contribution in [0.5, 0.6) is 17.2 Å². The molecule has 0 radical (unpaired) electrons. The first-order chi connectivity index (χ1) is 15.2. The number of methoxy groups -OCH3 is 1. The van der Waals surface area contributed by atoms with Gasteiger partial charge in [0.15, 0.2) is 11.5 Å². The highest BCUT2D eigenvalue weighted by Crippen LogP contribution is 2.34. The van der Waals surface area contributed by atoms with Gasteiger partial charge in [-0.25, -0.2) is 0 Å². The summed E-state index contributed by atoms with van der Waals surface area (Å²) < 4.78 is 19.2. The molecule has 1 aromatic heterocycles. The molecule has 0 fully saturated rings. The molecule has 0 saturated carbocycles. The SMILES string of the molecule is COc1ccccc1OCCNC[C@@H](O)COc1cccc2c1c1ccccc1n2C. The summed E-state index contributed by atoms with van der Waals surface area (Å²) >= 11 is 0. The number of para-hydroxylation sites is 3. The molecule has 2 N–H and O–H groups in total. The van der Waals surface area contributed by atoms with Crippen LogP contribution in [0.15, 0.2) is 66.7 Å². The van der Waals surface area contributed by atoms with Crippen LogP contribution in [0, 0.1) is 0 Å². The van der Waals surface area contributed by atoms with Gasteiger partial charge in [-0.2, -0.15) is 0 Å². The Bertz CT molecular complexity index is 1150. The van der Waals surface area contributed by atoms with Crippen LogP contribution in [0.25, 0.3) is 21.8 Å². The molecule has 1 heterocycles. The standard InChI is InChI=1S/C25H28N2O4/c1-27-20-9-4-3-8-19(20)25-21(27)10-7-13-24(25)31-17-18(28)16-26-14-15-30-23-12-6-5-11-22(23)29-2/h3-13,18,26,28H,14-17H2,1-2H3/t18-/m1/s1.